The van der Waals surface area contributed by atoms with E-state index in [9.17, 15) is 4.79 Å². The summed E-state index contributed by atoms with van der Waals surface area (Å²) in [5.41, 5.74) is -0.465. The molecule has 3 heterocycles. The number of alkyl halides is 1. The van der Waals surface area contributed by atoms with E-state index in [-0.39, 0.29) is 17.9 Å². The van der Waals surface area contributed by atoms with Crippen molar-refractivity contribution in [2.24, 2.45) is 0 Å². The topological polar surface area (TPSA) is 83.9 Å². The molecule has 2 aliphatic heterocycles. The Morgan fingerprint density at radius 2 is 2.18 bits per heavy atom. The summed E-state index contributed by atoms with van der Waals surface area (Å²) in [6.45, 7) is 6.78. The number of hydrogen-bond donors (Lipinski definition) is 2. The Kier molecular flexibility index (Phi) is 7.91. The second-order valence-electron chi connectivity index (χ2n) is 7.27. The van der Waals surface area contributed by atoms with Crippen LogP contribution in [0.15, 0.2) is 47.4 Å². The van der Waals surface area contributed by atoms with E-state index in [4.69, 9.17) is 14.6 Å². The summed E-state index contributed by atoms with van der Waals surface area (Å²) in [4.78, 5) is 17.4. The monoisotopic (exact) mass is 517 g/mol. The Morgan fingerprint density at radius 1 is 1.43 bits per heavy atom. The molecule has 0 spiro atoms. The zero-order chi connectivity index (χ0) is 20.8. The smallest absolute Gasteiger partial charge is 0.410 e. The molecule has 2 N–H and O–H groups in total. The van der Waals surface area contributed by atoms with Crippen LogP contribution in [-0.2, 0) is 9.47 Å². The molecule has 0 radical (unpaired) electrons. The number of carbonyl (C=O) groups excluding carboxylic acids is 1. The van der Waals surface area contributed by atoms with Gasteiger partial charge < -0.3 is 24.8 Å². The molecule has 1 fully saturated rings. The van der Waals surface area contributed by atoms with Gasteiger partial charge in [0.1, 0.15) is 16.0 Å². The number of carbonyl (C=O) groups is 1. The number of halogens is 2. The van der Waals surface area contributed by atoms with Crippen LogP contribution in [0.2, 0.25) is 0 Å². The molecular formula is C19H25Br2N3O4. The molecule has 28 heavy (non-hydrogen) atoms. The fraction of sp³-hybridized carbons (Fsp3) is 0.474. The van der Waals surface area contributed by atoms with Crippen LogP contribution < -0.4 is 5.32 Å². The summed E-state index contributed by atoms with van der Waals surface area (Å²) in [5.74, 6) is 0.188. The highest BCUT2D eigenvalue weighted by molar-refractivity contribution is 9.10. The second kappa shape index (κ2) is 9.76. The standard InChI is InChI=1S/C14H21BrN2O3.C5H4BrNO/c1-13(2,3)20-12(18)17-9-6-11(17)10-19-14(15)7-4-5-8-16-14;6-5-2-1-4(8)3-7-5/h4-5,7-8,11,16H,6,9-10H2,1-3H3;1-3,8H/t11-,14?;/m1./s1. The van der Waals surface area contributed by atoms with Gasteiger partial charge in [0.25, 0.3) is 0 Å². The van der Waals surface area contributed by atoms with Crippen LogP contribution in [0, 0.1) is 0 Å². The number of nitrogens with zero attached hydrogens (tertiary/aromatic N) is 2. The van der Waals surface area contributed by atoms with E-state index in [1.807, 2.05) is 39.0 Å². The first-order valence-corrected chi connectivity index (χ1v) is 10.4. The van der Waals surface area contributed by atoms with Crippen molar-refractivity contribution >= 4 is 38.0 Å². The van der Waals surface area contributed by atoms with Crippen LogP contribution in [0.3, 0.4) is 0 Å². The lowest BCUT2D eigenvalue weighted by molar-refractivity contribution is -0.0455. The fourth-order valence-electron chi connectivity index (χ4n) is 2.29. The van der Waals surface area contributed by atoms with E-state index in [1.54, 1.807) is 23.2 Å². The van der Waals surface area contributed by atoms with Crippen molar-refractivity contribution in [2.75, 3.05) is 13.2 Å². The van der Waals surface area contributed by atoms with Gasteiger partial charge in [-0.2, -0.15) is 0 Å². The van der Waals surface area contributed by atoms with Crippen LogP contribution in [0.5, 0.6) is 5.75 Å². The molecule has 0 aromatic carbocycles. The number of amides is 1. The van der Waals surface area contributed by atoms with Crippen LogP contribution >= 0.6 is 31.9 Å². The van der Waals surface area contributed by atoms with Crippen molar-refractivity contribution in [2.45, 2.75) is 43.5 Å². The minimum Gasteiger partial charge on any atom is -0.506 e. The van der Waals surface area contributed by atoms with Crippen LogP contribution in [0.25, 0.3) is 0 Å². The number of rotatable bonds is 3. The van der Waals surface area contributed by atoms with E-state index < -0.39 is 10.2 Å². The van der Waals surface area contributed by atoms with Crippen molar-refractivity contribution < 1.29 is 19.4 Å². The van der Waals surface area contributed by atoms with Crippen molar-refractivity contribution in [1.29, 1.82) is 0 Å². The first-order valence-electron chi connectivity index (χ1n) is 8.83. The van der Waals surface area contributed by atoms with Gasteiger partial charge in [-0.1, -0.05) is 6.08 Å². The number of nitrogens with one attached hydrogen (secondary N) is 1. The van der Waals surface area contributed by atoms with Gasteiger partial charge in [0.15, 0.2) is 0 Å². The second-order valence-corrected chi connectivity index (χ2v) is 9.26. The Morgan fingerprint density at radius 3 is 2.64 bits per heavy atom. The minimum absolute atomic E-state index is 0.0698. The minimum atomic E-state index is -0.684. The lowest BCUT2D eigenvalue weighted by Gasteiger charge is -2.42. The molecule has 0 bridgehead atoms. The molecule has 9 heteroatoms. The quantitative estimate of drug-likeness (QED) is 0.353. The predicted octanol–water partition coefficient (Wildman–Crippen LogP) is 4.28. The molecule has 1 aromatic rings. The highest BCUT2D eigenvalue weighted by atomic mass is 79.9. The summed E-state index contributed by atoms with van der Waals surface area (Å²) < 4.78 is 11.2. The van der Waals surface area contributed by atoms with Crippen molar-refractivity contribution in [1.82, 2.24) is 15.2 Å². The molecule has 0 aliphatic carbocycles. The normalized spacial score (nSPS) is 23.2. The number of aromatic nitrogens is 1. The predicted molar refractivity (Wildman–Crippen MR) is 114 cm³/mol. The maximum Gasteiger partial charge on any atom is 0.410 e. The first-order chi connectivity index (χ1) is 13.1. The van der Waals surface area contributed by atoms with E-state index in [2.05, 4.69) is 42.2 Å². The fourth-order valence-corrected chi connectivity index (χ4v) is 2.95. The number of likely N-dealkylation sites (tertiary alicyclic amines) is 1. The third-order valence-corrected chi connectivity index (χ3v) is 4.96. The molecule has 2 atom stereocenters. The SMILES string of the molecule is CC(C)(C)OC(=O)N1CC[C@@H]1COC1(Br)C=CC=CN1.Oc1ccc(Br)nc1. The van der Waals surface area contributed by atoms with Crippen LogP contribution in [-0.4, -0.2) is 50.5 Å². The summed E-state index contributed by atoms with van der Waals surface area (Å²) in [5, 5.41) is 11.7. The van der Waals surface area contributed by atoms with Gasteiger partial charge in [-0.3, -0.25) is 0 Å². The first kappa shape index (κ1) is 22.7. The Balaban J connectivity index is 0.000000292. The summed E-state index contributed by atoms with van der Waals surface area (Å²) in [6.07, 6.45) is 9.51. The Labute approximate surface area is 182 Å². The van der Waals surface area contributed by atoms with E-state index in [1.165, 1.54) is 6.20 Å². The highest BCUT2D eigenvalue weighted by Gasteiger charge is 2.37. The molecule has 3 rings (SSSR count). The summed E-state index contributed by atoms with van der Waals surface area (Å²) in [7, 11) is 0. The molecule has 7 nitrogen and oxygen atoms in total. The van der Waals surface area contributed by atoms with Gasteiger partial charge in [0, 0.05) is 6.54 Å². The van der Waals surface area contributed by atoms with Gasteiger partial charge in [-0.05, 0) is 89.5 Å². The van der Waals surface area contributed by atoms with Crippen molar-refractivity contribution in [3.8, 4) is 5.75 Å². The molecule has 1 saturated heterocycles. The zero-order valence-corrected chi connectivity index (χ0v) is 19.2. The summed E-state index contributed by atoms with van der Waals surface area (Å²) in [6, 6.07) is 3.31. The number of pyridine rings is 1. The highest BCUT2D eigenvalue weighted by Crippen LogP contribution is 2.26. The average molecular weight is 519 g/mol. The van der Waals surface area contributed by atoms with Gasteiger partial charge in [-0.15, -0.1) is 0 Å². The number of dihydropyridines is 1. The molecular weight excluding hydrogens is 494 g/mol. The number of aromatic hydroxyl groups is 1. The van der Waals surface area contributed by atoms with Gasteiger partial charge in [-0.25, -0.2) is 9.78 Å². The van der Waals surface area contributed by atoms with E-state index >= 15 is 0 Å². The third-order valence-electron chi connectivity index (χ3n) is 3.77. The number of ether oxygens (including phenoxy) is 2. The maximum atomic E-state index is 12.0. The zero-order valence-electron chi connectivity index (χ0n) is 16.1. The van der Waals surface area contributed by atoms with E-state index in [0.29, 0.717) is 6.61 Å². The largest absolute Gasteiger partial charge is 0.506 e. The average Bonchev–Trinajstić information content (AvgIpc) is 2.56. The van der Waals surface area contributed by atoms with Crippen LogP contribution in [0.4, 0.5) is 4.79 Å². The van der Waals surface area contributed by atoms with Crippen LogP contribution in [0.1, 0.15) is 27.2 Å². The maximum absolute atomic E-state index is 12.0. The van der Waals surface area contributed by atoms with Gasteiger partial charge in [0.05, 0.1) is 18.8 Å². The molecule has 1 aromatic heterocycles. The van der Waals surface area contributed by atoms with Crippen molar-refractivity contribution in [3.63, 3.8) is 0 Å². The number of hydrogen-bond acceptors (Lipinski definition) is 6. The molecule has 1 amide bonds. The molecule has 154 valence electrons. The van der Waals surface area contributed by atoms with Crippen molar-refractivity contribution in [3.05, 3.63) is 47.4 Å². The van der Waals surface area contributed by atoms with Gasteiger partial charge in [0.2, 0.25) is 4.63 Å². The third kappa shape index (κ3) is 7.44. The number of allylic oxidation sites excluding steroid dienone is 2. The van der Waals surface area contributed by atoms with E-state index in [0.717, 1.165) is 17.6 Å². The molecule has 1 unspecified atom stereocenters. The van der Waals surface area contributed by atoms with Gasteiger partial charge >= 0.3 is 6.09 Å². The molecule has 0 saturated carbocycles. The molecule has 2 aliphatic rings. The Hall–Kier alpha value is -1.58. The Bertz CT molecular complexity index is 698. The summed E-state index contributed by atoms with van der Waals surface area (Å²) >= 11 is 6.60. The lowest BCUT2D eigenvalue weighted by atomic mass is 10.1. The lowest BCUT2D eigenvalue weighted by Crippen LogP contribution is -2.56.